The summed E-state index contributed by atoms with van der Waals surface area (Å²) in [6.45, 7) is 10.8. The number of nitrogens with zero attached hydrogens (tertiary/aromatic N) is 1. The molecule has 2 fully saturated rings. The van der Waals surface area contributed by atoms with Crippen LogP contribution in [-0.2, 0) is 0 Å². The molecular weight excluding hydrogens is 184 g/mol. The Kier molecular flexibility index (Phi) is 3.68. The van der Waals surface area contributed by atoms with Crippen LogP contribution in [0.3, 0.4) is 0 Å². The zero-order chi connectivity index (χ0) is 10.8. The summed E-state index contributed by atoms with van der Waals surface area (Å²) >= 11 is 0. The van der Waals surface area contributed by atoms with Gasteiger partial charge in [0.15, 0.2) is 0 Å². The highest BCUT2D eigenvalue weighted by Gasteiger charge is 2.32. The Balaban J connectivity index is 1.61. The van der Waals surface area contributed by atoms with Crippen molar-refractivity contribution >= 4 is 0 Å². The lowest BCUT2D eigenvalue weighted by atomic mass is 10.0. The molecule has 2 nitrogen and oxygen atoms in total. The highest BCUT2D eigenvalue weighted by Crippen LogP contribution is 2.37. The van der Waals surface area contributed by atoms with Crippen molar-refractivity contribution in [3.63, 3.8) is 0 Å². The van der Waals surface area contributed by atoms with Crippen LogP contribution in [0, 0.1) is 11.8 Å². The van der Waals surface area contributed by atoms with Crippen LogP contribution in [0.25, 0.3) is 0 Å². The molecule has 2 rings (SSSR count). The molecule has 0 aromatic heterocycles. The number of likely N-dealkylation sites (tertiary alicyclic amines) is 1. The molecule has 1 aliphatic heterocycles. The van der Waals surface area contributed by atoms with Crippen LogP contribution in [0.1, 0.15) is 40.0 Å². The smallest absolute Gasteiger partial charge is 0.00915 e. The Bertz CT molecular complexity index is 195. The van der Waals surface area contributed by atoms with Gasteiger partial charge in [0.25, 0.3) is 0 Å². The van der Waals surface area contributed by atoms with Crippen molar-refractivity contribution in [2.24, 2.45) is 11.8 Å². The first kappa shape index (κ1) is 11.4. The second-order valence-corrected chi connectivity index (χ2v) is 5.79. The summed E-state index contributed by atoms with van der Waals surface area (Å²) in [5, 5.41) is 3.75. The van der Waals surface area contributed by atoms with E-state index < -0.39 is 0 Å². The van der Waals surface area contributed by atoms with Crippen LogP contribution in [-0.4, -0.2) is 36.6 Å². The van der Waals surface area contributed by atoms with Gasteiger partial charge in [0.05, 0.1) is 0 Å². The molecule has 15 heavy (non-hydrogen) atoms. The number of rotatable bonds is 4. The normalized spacial score (nSPS) is 33.6. The second-order valence-electron chi connectivity index (χ2n) is 5.79. The van der Waals surface area contributed by atoms with Crippen LogP contribution < -0.4 is 5.32 Å². The molecule has 0 amide bonds. The van der Waals surface area contributed by atoms with Gasteiger partial charge in [0.2, 0.25) is 0 Å². The molecular formula is C13H26N2. The Labute approximate surface area is 94.4 Å². The molecule has 1 aliphatic carbocycles. The van der Waals surface area contributed by atoms with Crippen LogP contribution >= 0.6 is 0 Å². The summed E-state index contributed by atoms with van der Waals surface area (Å²) in [6, 6.07) is 1.53. The summed E-state index contributed by atoms with van der Waals surface area (Å²) in [4.78, 5) is 2.60. The van der Waals surface area contributed by atoms with Crippen molar-refractivity contribution in [1.82, 2.24) is 10.2 Å². The van der Waals surface area contributed by atoms with E-state index in [9.17, 15) is 0 Å². The standard InChI is InChI=1S/C13H26N2/c1-10(2)15-6-4-13(5-7-15)14-9-12-8-11(12)3/h10-14H,4-9H2,1-3H3. The summed E-state index contributed by atoms with van der Waals surface area (Å²) in [5.74, 6) is 1.99. The van der Waals surface area contributed by atoms with E-state index in [-0.39, 0.29) is 0 Å². The van der Waals surface area contributed by atoms with E-state index in [1.165, 1.54) is 38.9 Å². The van der Waals surface area contributed by atoms with E-state index in [1.807, 2.05) is 0 Å². The number of nitrogens with one attached hydrogen (secondary N) is 1. The van der Waals surface area contributed by atoms with Crippen molar-refractivity contribution < 1.29 is 0 Å². The third kappa shape index (κ3) is 3.18. The first-order chi connectivity index (χ1) is 7.16. The van der Waals surface area contributed by atoms with Crippen LogP contribution in [0.4, 0.5) is 0 Å². The first-order valence-electron chi connectivity index (χ1n) is 6.64. The van der Waals surface area contributed by atoms with Gasteiger partial charge in [0, 0.05) is 12.1 Å². The van der Waals surface area contributed by atoms with Gasteiger partial charge in [-0.2, -0.15) is 0 Å². The minimum atomic E-state index is 0.731. The molecule has 0 aromatic rings. The van der Waals surface area contributed by atoms with E-state index in [1.54, 1.807) is 0 Å². The molecule has 1 saturated carbocycles. The Morgan fingerprint density at radius 3 is 2.33 bits per heavy atom. The average Bonchev–Trinajstić information content (AvgIpc) is 2.92. The van der Waals surface area contributed by atoms with Gasteiger partial charge in [-0.25, -0.2) is 0 Å². The molecule has 2 heteroatoms. The van der Waals surface area contributed by atoms with E-state index in [4.69, 9.17) is 0 Å². The minimum Gasteiger partial charge on any atom is -0.314 e. The maximum atomic E-state index is 3.75. The van der Waals surface area contributed by atoms with Crippen LogP contribution in [0.2, 0.25) is 0 Å². The fraction of sp³-hybridized carbons (Fsp3) is 1.00. The van der Waals surface area contributed by atoms with Crippen molar-refractivity contribution in [3.8, 4) is 0 Å². The van der Waals surface area contributed by atoms with Crippen molar-refractivity contribution in [2.45, 2.75) is 52.1 Å². The van der Waals surface area contributed by atoms with E-state index in [0.717, 1.165) is 23.9 Å². The summed E-state index contributed by atoms with van der Waals surface area (Å²) in [6.07, 6.45) is 4.15. The zero-order valence-corrected chi connectivity index (χ0v) is 10.5. The predicted molar refractivity (Wildman–Crippen MR) is 65.0 cm³/mol. The zero-order valence-electron chi connectivity index (χ0n) is 10.5. The highest BCUT2D eigenvalue weighted by molar-refractivity contribution is 4.86. The molecule has 1 N–H and O–H groups in total. The molecule has 2 aliphatic rings. The van der Waals surface area contributed by atoms with Gasteiger partial charge in [-0.3, -0.25) is 0 Å². The van der Waals surface area contributed by atoms with Crippen molar-refractivity contribution in [2.75, 3.05) is 19.6 Å². The largest absolute Gasteiger partial charge is 0.314 e. The lowest BCUT2D eigenvalue weighted by Gasteiger charge is -2.35. The number of piperidine rings is 1. The quantitative estimate of drug-likeness (QED) is 0.764. The molecule has 0 radical (unpaired) electrons. The van der Waals surface area contributed by atoms with E-state index >= 15 is 0 Å². The fourth-order valence-corrected chi connectivity index (χ4v) is 2.62. The molecule has 0 spiro atoms. The number of hydrogen-bond donors (Lipinski definition) is 1. The Hall–Kier alpha value is -0.0800. The molecule has 2 unspecified atom stereocenters. The number of hydrogen-bond acceptors (Lipinski definition) is 2. The third-order valence-electron chi connectivity index (χ3n) is 4.20. The second kappa shape index (κ2) is 4.84. The topological polar surface area (TPSA) is 15.3 Å². The van der Waals surface area contributed by atoms with E-state index in [0.29, 0.717) is 0 Å². The van der Waals surface area contributed by atoms with Gasteiger partial charge in [0.1, 0.15) is 0 Å². The first-order valence-corrected chi connectivity index (χ1v) is 6.64. The third-order valence-corrected chi connectivity index (χ3v) is 4.20. The van der Waals surface area contributed by atoms with Gasteiger partial charge in [-0.15, -0.1) is 0 Å². The van der Waals surface area contributed by atoms with Gasteiger partial charge in [-0.1, -0.05) is 6.92 Å². The SMILES string of the molecule is CC1CC1CNC1CCN(C(C)C)CC1. The maximum absolute atomic E-state index is 3.75. The monoisotopic (exact) mass is 210 g/mol. The van der Waals surface area contributed by atoms with Crippen molar-refractivity contribution in [1.29, 1.82) is 0 Å². The van der Waals surface area contributed by atoms with Gasteiger partial charge >= 0.3 is 0 Å². The molecule has 1 heterocycles. The highest BCUT2D eigenvalue weighted by atomic mass is 15.2. The summed E-state index contributed by atoms with van der Waals surface area (Å²) < 4.78 is 0. The van der Waals surface area contributed by atoms with Crippen LogP contribution in [0.15, 0.2) is 0 Å². The summed E-state index contributed by atoms with van der Waals surface area (Å²) in [5.41, 5.74) is 0. The van der Waals surface area contributed by atoms with Gasteiger partial charge in [-0.05, 0) is 64.6 Å². The maximum Gasteiger partial charge on any atom is 0.00915 e. The van der Waals surface area contributed by atoms with Crippen LogP contribution in [0.5, 0.6) is 0 Å². The Morgan fingerprint density at radius 2 is 1.87 bits per heavy atom. The van der Waals surface area contributed by atoms with Gasteiger partial charge < -0.3 is 10.2 Å². The molecule has 2 atom stereocenters. The Morgan fingerprint density at radius 1 is 1.27 bits per heavy atom. The lowest BCUT2D eigenvalue weighted by Crippen LogP contribution is -2.45. The van der Waals surface area contributed by atoms with E-state index in [2.05, 4.69) is 31.0 Å². The minimum absolute atomic E-state index is 0.731. The molecule has 1 saturated heterocycles. The molecule has 88 valence electrons. The fourth-order valence-electron chi connectivity index (χ4n) is 2.62. The average molecular weight is 210 g/mol. The summed E-state index contributed by atoms with van der Waals surface area (Å²) in [7, 11) is 0. The predicted octanol–water partition coefficient (Wildman–Crippen LogP) is 2.10. The van der Waals surface area contributed by atoms with Crippen molar-refractivity contribution in [3.05, 3.63) is 0 Å². The lowest BCUT2D eigenvalue weighted by molar-refractivity contribution is 0.161. The molecule has 0 aromatic carbocycles. The molecule has 0 bridgehead atoms.